The molecule has 2 amide bonds. The maximum absolute atomic E-state index is 12.2. The number of carboxylic acids is 1. The molecule has 21 heavy (non-hydrogen) atoms. The Labute approximate surface area is 127 Å². The van der Waals surface area contributed by atoms with Gasteiger partial charge in [0, 0.05) is 23.8 Å². The second kappa shape index (κ2) is 6.78. The number of ether oxygens (including phenoxy) is 1. The Balaban J connectivity index is 1.96. The highest BCUT2D eigenvalue weighted by molar-refractivity contribution is 6.31. The molecule has 0 radical (unpaired) electrons. The average Bonchev–Trinajstić information content (AvgIpc) is 2.42. The number of anilines is 1. The number of aryl methyl sites for hydroxylation is 1. The van der Waals surface area contributed by atoms with E-state index in [4.69, 9.17) is 21.4 Å². The van der Waals surface area contributed by atoms with Crippen LogP contribution < -0.4 is 5.32 Å². The molecule has 6 nitrogen and oxygen atoms in total. The van der Waals surface area contributed by atoms with E-state index in [1.54, 1.807) is 17.0 Å². The summed E-state index contributed by atoms with van der Waals surface area (Å²) in [6.07, 6.45) is -0.580. The Bertz CT molecular complexity index is 550. The summed E-state index contributed by atoms with van der Waals surface area (Å²) < 4.78 is 5.33. The van der Waals surface area contributed by atoms with Crippen LogP contribution >= 0.6 is 11.6 Å². The third-order valence-electron chi connectivity index (χ3n) is 3.25. The van der Waals surface area contributed by atoms with Crippen molar-refractivity contribution in [3.05, 3.63) is 28.8 Å². The third kappa shape index (κ3) is 4.34. The van der Waals surface area contributed by atoms with E-state index in [-0.39, 0.29) is 19.0 Å². The Morgan fingerprint density at radius 3 is 2.95 bits per heavy atom. The summed E-state index contributed by atoms with van der Waals surface area (Å²) in [7, 11) is 0. The van der Waals surface area contributed by atoms with Gasteiger partial charge in [-0.05, 0) is 24.6 Å². The van der Waals surface area contributed by atoms with Crippen LogP contribution in [0.3, 0.4) is 0 Å². The Morgan fingerprint density at radius 1 is 1.52 bits per heavy atom. The first kappa shape index (κ1) is 15.6. The molecule has 0 spiro atoms. The third-order valence-corrected chi connectivity index (χ3v) is 3.66. The first-order valence-corrected chi connectivity index (χ1v) is 6.99. The molecule has 1 aliphatic rings. The van der Waals surface area contributed by atoms with Crippen molar-refractivity contribution in [3.63, 3.8) is 0 Å². The molecule has 2 rings (SSSR count). The Kier molecular flexibility index (Phi) is 5.03. The van der Waals surface area contributed by atoms with Crippen molar-refractivity contribution in [2.75, 3.05) is 25.0 Å². The number of carbonyl (C=O) groups is 2. The maximum Gasteiger partial charge on any atom is 0.322 e. The van der Waals surface area contributed by atoms with Crippen molar-refractivity contribution < 1.29 is 19.4 Å². The van der Waals surface area contributed by atoms with Crippen LogP contribution in [0, 0.1) is 6.92 Å². The summed E-state index contributed by atoms with van der Waals surface area (Å²) in [5.74, 6) is -0.937. The molecule has 2 N–H and O–H groups in total. The molecule has 0 bridgehead atoms. The van der Waals surface area contributed by atoms with Gasteiger partial charge in [-0.3, -0.25) is 4.79 Å². The van der Waals surface area contributed by atoms with Crippen LogP contribution in [0.2, 0.25) is 5.02 Å². The molecule has 1 atom stereocenters. The molecular weight excluding hydrogens is 296 g/mol. The lowest BCUT2D eigenvalue weighted by Crippen LogP contribution is -2.47. The molecule has 0 aliphatic carbocycles. The lowest BCUT2D eigenvalue weighted by molar-refractivity contribution is -0.141. The molecule has 1 unspecified atom stereocenters. The normalized spacial score (nSPS) is 18.4. The van der Waals surface area contributed by atoms with Gasteiger partial charge >= 0.3 is 12.0 Å². The zero-order valence-corrected chi connectivity index (χ0v) is 12.4. The van der Waals surface area contributed by atoms with Crippen molar-refractivity contribution in [1.82, 2.24) is 4.90 Å². The van der Waals surface area contributed by atoms with E-state index in [1.165, 1.54) is 0 Å². The number of halogens is 1. The Morgan fingerprint density at radius 2 is 2.29 bits per heavy atom. The van der Waals surface area contributed by atoms with Gasteiger partial charge in [0.15, 0.2) is 0 Å². The second-order valence-corrected chi connectivity index (χ2v) is 5.34. The lowest BCUT2D eigenvalue weighted by Gasteiger charge is -2.32. The zero-order chi connectivity index (χ0) is 15.4. The van der Waals surface area contributed by atoms with Gasteiger partial charge in [-0.25, -0.2) is 4.79 Å². The fourth-order valence-corrected chi connectivity index (χ4v) is 2.28. The van der Waals surface area contributed by atoms with Gasteiger partial charge in [0.1, 0.15) is 0 Å². The number of carbonyl (C=O) groups excluding carboxylic acids is 1. The molecule has 0 saturated carbocycles. The number of hydrogen-bond donors (Lipinski definition) is 2. The number of nitrogens with zero attached hydrogens (tertiary/aromatic N) is 1. The monoisotopic (exact) mass is 312 g/mol. The van der Waals surface area contributed by atoms with Gasteiger partial charge < -0.3 is 20.1 Å². The molecule has 7 heteroatoms. The summed E-state index contributed by atoms with van der Waals surface area (Å²) in [6, 6.07) is 5.00. The fraction of sp³-hybridized carbons (Fsp3) is 0.429. The van der Waals surface area contributed by atoms with Gasteiger partial charge in [0.25, 0.3) is 0 Å². The number of amides is 2. The quantitative estimate of drug-likeness (QED) is 0.898. The van der Waals surface area contributed by atoms with E-state index < -0.39 is 12.1 Å². The number of hydrogen-bond acceptors (Lipinski definition) is 3. The van der Waals surface area contributed by atoms with Crippen molar-refractivity contribution in [2.45, 2.75) is 19.4 Å². The van der Waals surface area contributed by atoms with Crippen molar-refractivity contribution >= 4 is 29.3 Å². The number of urea groups is 1. The first-order chi connectivity index (χ1) is 9.95. The number of rotatable bonds is 3. The summed E-state index contributed by atoms with van der Waals surface area (Å²) in [5.41, 5.74) is 1.54. The van der Waals surface area contributed by atoms with E-state index in [2.05, 4.69) is 5.32 Å². The highest BCUT2D eigenvalue weighted by Gasteiger charge is 2.25. The van der Waals surface area contributed by atoms with E-state index in [1.807, 2.05) is 13.0 Å². The zero-order valence-electron chi connectivity index (χ0n) is 11.6. The van der Waals surface area contributed by atoms with Crippen LogP contribution in [0.5, 0.6) is 0 Å². The highest BCUT2D eigenvalue weighted by atomic mass is 35.5. The van der Waals surface area contributed by atoms with E-state index in [0.29, 0.717) is 23.9 Å². The molecule has 1 heterocycles. The van der Waals surface area contributed by atoms with Crippen LogP contribution in [0.25, 0.3) is 0 Å². The van der Waals surface area contributed by atoms with Gasteiger partial charge in [0.2, 0.25) is 0 Å². The largest absolute Gasteiger partial charge is 0.481 e. The molecule has 1 fully saturated rings. The van der Waals surface area contributed by atoms with E-state index >= 15 is 0 Å². The smallest absolute Gasteiger partial charge is 0.322 e. The minimum Gasteiger partial charge on any atom is -0.481 e. The predicted molar refractivity (Wildman–Crippen MR) is 78.8 cm³/mol. The summed E-state index contributed by atoms with van der Waals surface area (Å²) in [6.45, 7) is 2.91. The van der Waals surface area contributed by atoms with Crippen molar-refractivity contribution in [1.29, 1.82) is 0 Å². The second-order valence-electron chi connectivity index (χ2n) is 4.93. The van der Waals surface area contributed by atoms with Crippen LogP contribution in [-0.2, 0) is 9.53 Å². The minimum absolute atomic E-state index is 0.111. The molecule has 114 valence electrons. The van der Waals surface area contributed by atoms with Crippen molar-refractivity contribution in [3.8, 4) is 0 Å². The molecule has 1 saturated heterocycles. The summed E-state index contributed by atoms with van der Waals surface area (Å²) >= 11 is 6.01. The van der Waals surface area contributed by atoms with E-state index in [9.17, 15) is 9.59 Å². The number of carboxylic acid groups (broad SMARTS) is 1. The average molecular weight is 313 g/mol. The predicted octanol–water partition coefficient (Wildman–Crippen LogP) is 2.36. The maximum atomic E-state index is 12.2. The molecule has 1 aromatic carbocycles. The first-order valence-electron chi connectivity index (χ1n) is 6.61. The van der Waals surface area contributed by atoms with Crippen molar-refractivity contribution in [2.24, 2.45) is 0 Å². The summed E-state index contributed by atoms with van der Waals surface area (Å²) in [4.78, 5) is 24.4. The molecule has 1 aromatic rings. The molecule has 0 aromatic heterocycles. The molecular formula is C14H17ClN2O4. The van der Waals surface area contributed by atoms with Gasteiger partial charge in [-0.15, -0.1) is 0 Å². The topological polar surface area (TPSA) is 78.9 Å². The highest BCUT2D eigenvalue weighted by Crippen LogP contribution is 2.20. The van der Waals surface area contributed by atoms with E-state index in [0.717, 1.165) is 5.56 Å². The van der Waals surface area contributed by atoms with Gasteiger partial charge in [-0.1, -0.05) is 17.7 Å². The van der Waals surface area contributed by atoms with Crippen LogP contribution in [0.1, 0.15) is 12.0 Å². The summed E-state index contributed by atoms with van der Waals surface area (Å²) in [5, 5.41) is 12.1. The number of benzene rings is 1. The van der Waals surface area contributed by atoms with Crippen LogP contribution in [0.15, 0.2) is 18.2 Å². The van der Waals surface area contributed by atoms with Crippen LogP contribution in [-0.4, -0.2) is 47.8 Å². The van der Waals surface area contributed by atoms with Crippen LogP contribution in [0.4, 0.5) is 10.5 Å². The van der Waals surface area contributed by atoms with Gasteiger partial charge in [0.05, 0.1) is 19.1 Å². The number of aliphatic carboxylic acids is 1. The fourth-order valence-electron chi connectivity index (χ4n) is 2.10. The molecule has 1 aliphatic heterocycles. The number of morpholine rings is 1. The minimum atomic E-state index is -0.937. The Hall–Kier alpha value is -1.79. The van der Waals surface area contributed by atoms with Gasteiger partial charge in [-0.2, -0.15) is 0 Å². The standard InChI is InChI=1S/C14H17ClN2O4/c1-9-2-3-10(6-12(9)15)16-14(20)17-4-5-21-11(8-17)7-13(18)19/h2-3,6,11H,4-5,7-8H2,1H3,(H,16,20)(H,18,19). The number of nitrogens with one attached hydrogen (secondary N) is 1. The SMILES string of the molecule is Cc1ccc(NC(=O)N2CCOC(CC(=O)O)C2)cc1Cl. The lowest BCUT2D eigenvalue weighted by atomic mass is 10.2.